The minimum absolute atomic E-state index is 0.103. The first-order valence-corrected chi connectivity index (χ1v) is 48.6. The van der Waals surface area contributed by atoms with E-state index in [1.165, 1.54) is 105 Å². The third-order valence-corrected chi connectivity index (χ3v) is 27.2. The van der Waals surface area contributed by atoms with E-state index in [4.69, 9.17) is 4.98 Å². The molecule has 0 aliphatic carbocycles. The third-order valence-electron chi connectivity index (χ3n) is 26.0. The van der Waals surface area contributed by atoms with Gasteiger partial charge < -0.3 is 23.7 Å². The second-order valence-corrected chi connectivity index (χ2v) is 36.8. The van der Waals surface area contributed by atoms with Crippen LogP contribution in [0.3, 0.4) is 0 Å². The van der Waals surface area contributed by atoms with Gasteiger partial charge in [0.15, 0.2) is 0 Å². The van der Waals surface area contributed by atoms with Crippen LogP contribution >= 0.6 is 38.5 Å². The molecule has 22 nitrogen and oxygen atoms in total. The van der Waals surface area contributed by atoms with Crippen molar-refractivity contribution in [3.05, 3.63) is 502 Å². The molecule has 2 N–H and O–H groups in total. The second-order valence-electron chi connectivity index (χ2n) is 34.8. The SMILES string of the molecule is Cc1ccnc(-n2c3ccccc3c3ccc(-n4c5ccccc5c5ccc(-n6cccn6)cc54)cc32)c1.Cc1ccnc(Br)c1.O=[N+]([O-])c1ccccc1-c1ccc(-n2c3ccccc3c3ccc(-n4cccn4)cc32)cc1.O=[N+]([O-])c1ccccc1-c1ccc(I)cc1.c1ccc2c(c1)[nH]c1cc(-n3c4ccccc4c4ccc(-n5cccn5)cc43)ccc12.c1ccc2c(c1)[nH]c1cc(-n3cccn3)ccc12. The predicted octanol–water partition coefficient (Wildman–Crippen LogP) is 30.4. The van der Waals surface area contributed by atoms with E-state index in [1.807, 2.05) is 184 Å². The number of nitrogens with one attached hydrogen (secondary N) is 2. The third kappa shape index (κ3) is 17.3. The molecule has 0 aliphatic heterocycles. The summed E-state index contributed by atoms with van der Waals surface area (Å²) in [7, 11) is 0. The van der Waals surface area contributed by atoms with Gasteiger partial charge in [-0.15, -0.1) is 0 Å². The number of para-hydroxylation sites is 8. The maximum Gasteiger partial charge on any atom is 0.277 e. The van der Waals surface area contributed by atoms with E-state index in [9.17, 15) is 20.2 Å². The molecule has 144 heavy (non-hydrogen) atoms. The molecule has 24 heteroatoms. The zero-order valence-corrected chi connectivity index (χ0v) is 81.2. The highest BCUT2D eigenvalue weighted by atomic mass is 127. The molecular weight excluding hydrogens is 1960 g/mol. The molecule has 0 saturated carbocycles. The summed E-state index contributed by atoms with van der Waals surface area (Å²) in [5.74, 6) is 0.927. The van der Waals surface area contributed by atoms with E-state index in [2.05, 4.69) is 342 Å². The summed E-state index contributed by atoms with van der Waals surface area (Å²) < 4.78 is 18.8. The number of benzene rings is 16. The molecule has 12 heterocycles. The Bertz CT molecular complexity index is 9660. The number of nitrogens with zero attached hydrogens (tertiary/aromatic N) is 16. The number of fused-ring (bicyclic) bond motifs is 18. The number of nitro benzene ring substituents is 2. The fraction of sp³-hybridized carbons (Fsp3) is 0.0167. The summed E-state index contributed by atoms with van der Waals surface area (Å²) >= 11 is 5.46. The number of rotatable bonds is 12. The summed E-state index contributed by atoms with van der Waals surface area (Å²) in [6, 6.07) is 135. The highest BCUT2D eigenvalue weighted by molar-refractivity contribution is 14.1. The minimum atomic E-state index is -0.354. The Labute approximate surface area is 845 Å². The van der Waals surface area contributed by atoms with E-state index < -0.39 is 0 Å². The molecule has 0 fully saturated rings. The number of pyridine rings is 2. The number of hydrogen-bond donors (Lipinski definition) is 2. The lowest BCUT2D eigenvalue weighted by Crippen LogP contribution is -1.99. The van der Waals surface area contributed by atoms with Crippen LogP contribution in [0.25, 0.3) is 199 Å². The van der Waals surface area contributed by atoms with E-state index in [1.54, 1.807) is 48.9 Å². The Morgan fingerprint density at radius 1 is 0.264 bits per heavy atom. The molecule has 692 valence electrons. The first kappa shape index (κ1) is 89.4. The molecule has 0 spiro atoms. The zero-order valence-electron chi connectivity index (χ0n) is 77.4. The summed E-state index contributed by atoms with van der Waals surface area (Å²) in [5, 5.41) is 54.6. The number of H-pyrrole nitrogens is 2. The Balaban J connectivity index is 0.000000100. The Morgan fingerprint density at radius 2 is 0.562 bits per heavy atom. The van der Waals surface area contributed by atoms with Gasteiger partial charge in [0.05, 0.1) is 87.9 Å². The molecule has 0 unspecified atom stereocenters. The van der Waals surface area contributed by atoms with Crippen molar-refractivity contribution < 1.29 is 9.85 Å². The molecule has 0 aliphatic rings. The quantitative estimate of drug-likeness (QED) is 0.0508. The van der Waals surface area contributed by atoms with Gasteiger partial charge in [0, 0.05) is 181 Å². The molecular formula is C120H84BrIN18O4. The average Bonchev–Trinajstić information content (AvgIpc) is 1.57. The second kappa shape index (κ2) is 38.7. The molecule has 0 radical (unpaired) electrons. The highest BCUT2D eigenvalue weighted by Gasteiger charge is 2.23. The predicted molar refractivity (Wildman–Crippen MR) is 593 cm³/mol. The number of halogens is 2. The maximum absolute atomic E-state index is 11.5. The fourth-order valence-electron chi connectivity index (χ4n) is 19.5. The molecule has 0 saturated heterocycles. The van der Waals surface area contributed by atoms with Crippen LogP contribution in [0.15, 0.2) is 467 Å². The van der Waals surface area contributed by atoms with Crippen molar-refractivity contribution in [3.63, 3.8) is 0 Å². The Hall–Kier alpha value is -18.5. The Kier molecular flexibility index (Phi) is 24.0. The lowest BCUT2D eigenvalue weighted by Gasteiger charge is -2.11. The maximum atomic E-state index is 11.5. The van der Waals surface area contributed by atoms with Gasteiger partial charge in [-0.25, -0.2) is 28.7 Å². The summed E-state index contributed by atoms with van der Waals surface area (Å²) in [4.78, 5) is 37.4. The van der Waals surface area contributed by atoms with Gasteiger partial charge in [-0.2, -0.15) is 20.4 Å². The number of aryl methyl sites for hydroxylation is 2. The highest BCUT2D eigenvalue weighted by Crippen LogP contribution is 2.42. The van der Waals surface area contributed by atoms with Gasteiger partial charge in [-0.3, -0.25) is 24.8 Å². The van der Waals surface area contributed by atoms with Crippen LogP contribution in [0.1, 0.15) is 11.1 Å². The van der Waals surface area contributed by atoms with Crippen LogP contribution in [0, 0.1) is 37.6 Å². The van der Waals surface area contributed by atoms with E-state index >= 15 is 0 Å². The van der Waals surface area contributed by atoms with Crippen LogP contribution in [-0.4, -0.2) is 87.2 Å². The van der Waals surface area contributed by atoms with Crippen molar-refractivity contribution in [2.45, 2.75) is 13.8 Å². The van der Waals surface area contributed by atoms with Gasteiger partial charge in [0.25, 0.3) is 11.4 Å². The largest absolute Gasteiger partial charge is 0.354 e. The van der Waals surface area contributed by atoms with Crippen LogP contribution in [-0.2, 0) is 0 Å². The standard InChI is InChI=1S/C33H23N5.C27H18N4O2.C27H18N4.C15H11N3.C12H8INO2.C6H6BrN/c1-22-15-17-34-33(19-22)38-30-10-5-3-8-26(30)28-14-12-24(21-32(28)38)37-29-9-4-2-7-25(29)27-13-11-23(20-31(27)37)36-18-6-16-35-36;32-31(33)26-9-4-1-6-22(26)19-10-12-20(13-11-19)30-25-8-3-2-7-23(25)24-15-14-21(18-27(24)30)29-17-5-16-28-29;1-3-8-24-20(6-1)21-12-11-19(16-25(21)29-24)31-26-9-4-2-7-22(26)23-13-10-18(17-27(23)31)30-15-5-14-28-30;1-2-5-14-12(4-1)13-7-6-11(10-15(13)17-14)18-9-3-8-16-18;13-10-7-5-9(6-8-10)11-3-1-2-4-12(11)14(15)16;1-5-2-3-8-6(7)4-5/h2-21H,1H3;1-18H;1-17,29H;1-10,17H;1-8H;2-4H,1H3. The number of aromatic amines is 2. The van der Waals surface area contributed by atoms with Crippen LogP contribution in [0.4, 0.5) is 11.4 Å². The Morgan fingerprint density at radius 3 is 0.951 bits per heavy atom. The number of aromatic nitrogens is 16. The lowest BCUT2D eigenvalue weighted by atomic mass is 10.0. The van der Waals surface area contributed by atoms with E-state index in [0.717, 1.165) is 114 Å². The van der Waals surface area contributed by atoms with Crippen molar-refractivity contribution >= 4 is 181 Å². The van der Waals surface area contributed by atoms with Crippen LogP contribution in [0.2, 0.25) is 0 Å². The first-order valence-electron chi connectivity index (χ1n) is 46.7. The lowest BCUT2D eigenvalue weighted by molar-refractivity contribution is -0.384. The number of hydrogen-bond acceptors (Lipinski definition) is 10. The van der Waals surface area contributed by atoms with Crippen molar-refractivity contribution in [3.8, 4) is 67.9 Å². The molecule has 0 bridgehead atoms. The minimum Gasteiger partial charge on any atom is -0.354 e. The fourth-order valence-corrected chi connectivity index (χ4v) is 20.3. The summed E-state index contributed by atoms with van der Waals surface area (Å²) in [6.45, 7) is 4.15. The molecule has 0 atom stereocenters. The van der Waals surface area contributed by atoms with Crippen molar-refractivity contribution in [2.75, 3.05) is 0 Å². The first-order chi connectivity index (χ1) is 70.7. The smallest absolute Gasteiger partial charge is 0.277 e. The molecule has 12 aromatic heterocycles. The molecule has 28 rings (SSSR count). The zero-order chi connectivity index (χ0) is 97.4. The van der Waals surface area contributed by atoms with Crippen molar-refractivity contribution in [1.29, 1.82) is 0 Å². The molecule has 28 aromatic rings. The summed E-state index contributed by atoms with van der Waals surface area (Å²) in [5.41, 5.74) is 26.8. The van der Waals surface area contributed by atoms with Gasteiger partial charge in [-0.05, 0) is 269 Å². The van der Waals surface area contributed by atoms with Gasteiger partial charge in [0.2, 0.25) is 0 Å². The van der Waals surface area contributed by atoms with Gasteiger partial charge in [0.1, 0.15) is 10.4 Å². The van der Waals surface area contributed by atoms with Crippen molar-refractivity contribution in [1.82, 2.24) is 77.3 Å². The van der Waals surface area contributed by atoms with Gasteiger partial charge in [-0.1, -0.05) is 194 Å². The van der Waals surface area contributed by atoms with Crippen LogP contribution < -0.4 is 0 Å². The van der Waals surface area contributed by atoms with E-state index in [-0.39, 0.29) is 21.2 Å². The normalized spacial score (nSPS) is 11.3. The average molecular weight is 2050 g/mol. The topological polar surface area (TPSA) is 235 Å². The summed E-state index contributed by atoms with van der Waals surface area (Å²) in [6.07, 6.45) is 18.7. The monoisotopic (exact) mass is 2050 g/mol. The van der Waals surface area contributed by atoms with E-state index in [0.29, 0.717) is 11.1 Å². The van der Waals surface area contributed by atoms with Crippen molar-refractivity contribution in [2.24, 2.45) is 0 Å². The number of nitro groups is 2. The van der Waals surface area contributed by atoms with Gasteiger partial charge >= 0.3 is 0 Å². The molecule has 16 aromatic carbocycles. The molecule has 0 amide bonds. The van der Waals surface area contributed by atoms with Crippen LogP contribution in [0.5, 0.6) is 0 Å².